The lowest BCUT2D eigenvalue weighted by Gasteiger charge is -2.44. The van der Waals surface area contributed by atoms with E-state index in [0.29, 0.717) is 29.8 Å². The summed E-state index contributed by atoms with van der Waals surface area (Å²) in [6, 6.07) is 14.5. The van der Waals surface area contributed by atoms with Crippen LogP contribution >= 0.6 is 0 Å². The number of nitriles is 1. The van der Waals surface area contributed by atoms with Crippen LogP contribution < -0.4 is 10.5 Å². The number of anilines is 1. The summed E-state index contributed by atoms with van der Waals surface area (Å²) in [7, 11) is 1.64. The second-order valence-corrected chi connectivity index (χ2v) is 8.47. The largest absolute Gasteiger partial charge is 0.364 e. The van der Waals surface area contributed by atoms with Gasteiger partial charge in [0.05, 0.1) is 5.52 Å². The second-order valence-electron chi connectivity index (χ2n) is 8.47. The zero-order valence-electron chi connectivity index (χ0n) is 18.8. The Morgan fingerprint density at radius 2 is 1.94 bits per heavy atom. The van der Waals surface area contributed by atoms with Crippen LogP contribution in [0.3, 0.4) is 0 Å². The molecule has 4 rings (SSSR count). The average molecular weight is 427 g/mol. The van der Waals surface area contributed by atoms with Gasteiger partial charge in [-0.3, -0.25) is 9.69 Å². The van der Waals surface area contributed by atoms with Crippen molar-refractivity contribution in [3.8, 4) is 6.07 Å². The number of piperazine rings is 1. The SMILES string of the molecule is [C-]#[N+]c1ccc2c(n1)c(N1CCN(C(C)c3ccc(C)cc3)[C@H](C)C1)c(C#N)c(=O)n2C. The van der Waals surface area contributed by atoms with E-state index in [0.717, 1.165) is 6.54 Å². The summed E-state index contributed by atoms with van der Waals surface area (Å²) in [6.07, 6.45) is 0. The van der Waals surface area contributed by atoms with Gasteiger partial charge in [0.25, 0.3) is 11.4 Å². The van der Waals surface area contributed by atoms with Crippen LogP contribution in [0.1, 0.15) is 36.6 Å². The zero-order chi connectivity index (χ0) is 23.0. The summed E-state index contributed by atoms with van der Waals surface area (Å²) in [6.45, 7) is 15.9. The highest BCUT2D eigenvalue weighted by Gasteiger charge is 2.32. The molecule has 2 atom stereocenters. The van der Waals surface area contributed by atoms with Crippen molar-refractivity contribution in [1.82, 2.24) is 14.5 Å². The fourth-order valence-corrected chi connectivity index (χ4v) is 4.64. The number of rotatable bonds is 3. The van der Waals surface area contributed by atoms with E-state index >= 15 is 0 Å². The second kappa shape index (κ2) is 8.45. The van der Waals surface area contributed by atoms with E-state index in [1.54, 1.807) is 19.2 Å². The van der Waals surface area contributed by atoms with Gasteiger partial charge in [0.2, 0.25) is 5.52 Å². The van der Waals surface area contributed by atoms with Gasteiger partial charge in [-0.1, -0.05) is 36.4 Å². The van der Waals surface area contributed by atoms with Crippen molar-refractivity contribution in [3.63, 3.8) is 0 Å². The molecule has 1 unspecified atom stereocenters. The fraction of sp³-hybridized carbons (Fsp3) is 0.360. The van der Waals surface area contributed by atoms with Crippen molar-refractivity contribution >= 4 is 22.5 Å². The molecule has 0 N–H and O–H groups in total. The molecule has 1 fully saturated rings. The van der Waals surface area contributed by atoms with Crippen LogP contribution in [0, 0.1) is 24.8 Å². The van der Waals surface area contributed by atoms with Gasteiger partial charge >= 0.3 is 0 Å². The van der Waals surface area contributed by atoms with Gasteiger partial charge in [-0.15, -0.1) is 4.98 Å². The molecular weight excluding hydrogens is 400 g/mol. The monoisotopic (exact) mass is 426 g/mol. The molecule has 3 heterocycles. The number of aromatic nitrogens is 2. The Morgan fingerprint density at radius 1 is 1.22 bits per heavy atom. The average Bonchev–Trinajstić information content (AvgIpc) is 2.80. The molecule has 0 radical (unpaired) electrons. The Hall–Kier alpha value is -3.68. The van der Waals surface area contributed by atoms with E-state index in [9.17, 15) is 10.1 Å². The number of fused-ring (bicyclic) bond motifs is 1. The van der Waals surface area contributed by atoms with E-state index in [-0.39, 0.29) is 29.0 Å². The number of pyridine rings is 2. The quantitative estimate of drug-likeness (QED) is 0.594. The number of aryl methyl sites for hydroxylation is 2. The van der Waals surface area contributed by atoms with Crippen molar-refractivity contribution in [1.29, 1.82) is 5.26 Å². The van der Waals surface area contributed by atoms with Gasteiger partial charge in [0.1, 0.15) is 17.3 Å². The zero-order valence-corrected chi connectivity index (χ0v) is 18.8. The van der Waals surface area contributed by atoms with E-state index in [2.05, 4.69) is 70.7 Å². The van der Waals surface area contributed by atoms with Crippen LogP contribution in [0.4, 0.5) is 11.5 Å². The molecule has 0 spiro atoms. The van der Waals surface area contributed by atoms with Crippen LogP contribution in [0.5, 0.6) is 0 Å². The van der Waals surface area contributed by atoms with Crippen molar-refractivity contribution in [2.45, 2.75) is 32.9 Å². The summed E-state index contributed by atoms with van der Waals surface area (Å²) in [4.78, 5) is 25.4. The third-order valence-corrected chi connectivity index (χ3v) is 6.48. The Morgan fingerprint density at radius 3 is 2.56 bits per heavy atom. The number of nitrogens with zero attached hydrogens (tertiary/aromatic N) is 6. The highest BCUT2D eigenvalue weighted by atomic mass is 16.1. The number of hydrogen-bond acceptors (Lipinski definition) is 5. The van der Waals surface area contributed by atoms with Crippen LogP contribution in [-0.4, -0.2) is 40.1 Å². The minimum Gasteiger partial charge on any atom is -0.364 e. The van der Waals surface area contributed by atoms with Crippen LogP contribution in [0.25, 0.3) is 15.9 Å². The first kappa shape index (κ1) is 21.5. The van der Waals surface area contributed by atoms with Crippen molar-refractivity contribution in [2.24, 2.45) is 7.05 Å². The Bertz CT molecular complexity index is 1310. The normalized spacial score (nSPS) is 17.7. The first-order chi connectivity index (χ1) is 15.3. The molecule has 162 valence electrons. The van der Waals surface area contributed by atoms with Gasteiger partial charge in [0.15, 0.2) is 0 Å². The topological polar surface area (TPSA) is 69.5 Å². The van der Waals surface area contributed by atoms with Gasteiger partial charge in [0, 0.05) is 38.8 Å². The standard InChI is InChI=1S/C25H26N6O/c1-16-6-8-19(9-7-16)18(3)31-13-12-30(15-17(31)2)24-20(14-26)25(32)29(5)21-10-11-22(27-4)28-23(21)24/h6-11,17-18H,12-13,15H2,1-3,5H3/t17-,18?/m1/s1. The smallest absolute Gasteiger partial charge is 0.271 e. The molecule has 1 aromatic carbocycles. The first-order valence-corrected chi connectivity index (χ1v) is 10.7. The van der Waals surface area contributed by atoms with E-state index in [1.165, 1.54) is 15.7 Å². The molecule has 32 heavy (non-hydrogen) atoms. The molecule has 0 aliphatic carbocycles. The molecule has 7 heteroatoms. The Labute approximate surface area is 188 Å². The lowest BCUT2D eigenvalue weighted by Crippen LogP contribution is -2.53. The summed E-state index contributed by atoms with van der Waals surface area (Å²) >= 11 is 0. The molecule has 3 aromatic rings. The van der Waals surface area contributed by atoms with Crippen molar-refractivity contribution in [3.05, 3.63) is 74.9 Å². The maximum absolute atomic E-state index is 12.9. The maximum atomic E-state index is 12.9. The van der Waals surface area contributed by atoms with E-state index in [1.807, 2.05) is 0 Å². The van der Waals surface area contributed by atoms with Crippen molar-refractivity contribution < 1.29 is 0 Å². The molecule has 1 aliphatic rings. The summed E-state index contributed by atoms with van der Waals surface area (Å²) in [5, 5.41) is 9.83. The molecule has 1 aliphatic heterocycles. The first-order valence-electron chi connectivity index (χ1n) is 10.7. The van der Waals surface area contributed by atoms with Gasteiger partial charge in [-0.25, -0.2) is 0 Å². The Balaban J connectivity index is 1.73. The third-order valence-electron chi connectivity index (χ3n) is 6.48. The summed E-state index contributed by atoms with van der Waals surface area (Å²) < 4.78 is 1.44. The number of hydrogen-bond donors (Lipinski definition) is 0. The predicted octanol–water partition coefficient (Wildman–Crippen LogP) is 3.94. The van der Waals surface area contributed by atoms with Crippen LogP contribution in [0.15, 0.2) is 41.2 Å². The lowest BCUT2D eigenvalue weighted by atomic mass is 10.0. The number of benzene rings is 1. The summed E-state index contributed by atoms with van der Waals surface area (Å²) in [5.41, 5.74) is 3.97. The van der Waals surface area contributed by atoms with E-state index < -0.39 is 0 Å². The summed E-state index contributed by atoms with van der Waals surface area (Å²) in [5.74, 6) is 0.251. The maximum Gasteiger partial charge on any atom is 0.271 e. The predicted molar refractivity (Wildman–Crippen MR) is 126 cm³/mol. The minimum absolute atomic E-state index is 0.0851. The van der Waals surface area contributed by atoms with Gasteiger partial charge < -0.3 is 14.3 Å². The molecule has 0 amide bonds. The lowest BCUT2D eigenvalue weighted by molar-refractivity contribution is 0.138. The molecule has 0 bridgehead atoms. The minimum atomic E-state index is -0.338. The molecule has 7 nitrogen and oxygen atoms in total. The Kier molecular flexibility index (Phi) is 5.69. The van der Waals surface area contributed by atoms with Gasteiger partial charge in [-0.05, 0) is 38.5 Å². The fourth-order valence-electron chi connectivity index (χ4n) is 4.64. The van der Waals surface area contributed by atoms with Crippen molar-refractivity contribution in [2.75, 3.05) is 24.5 Å². The molecule has 0 saturated carbocycles. The van der Waals surface area contributed by atoms with Crippen LogP contribution in [-0.2, 0) is 7.05 Å². The molecular formula is C25H26N6O. The molecule has 1 saturated heterocycles. The molecule has 2 aromatic heterocycles. The third kappa shape index (κ3) is 3.62. The van der Waals surface area contributed by atoms with E-state index in [4.69, 9.17) is 6.57 Å². The van der Waals surface area contributed by atoms with Gasteiger partial charge in [-0.2, -0.15) is 5.26 Å². The highest BCUT2D eigenvalue weighted by Crippen LogP contribution is 2.32. The van der Waals surface area contributed by atoms with Crippen LogP contribution in [0.2, 0.25) is 0 Å². The highest BCUT2D eigenvalue weighted by molar-refractivity contribution is 5.92.